The Hall–Kier alpha value is -3.58. The molecule has 2 amide bonds. The Balaban J connectivity index is 1.56. The summed E-state index contributed by atoms with van der Waals surface area (Å²) in [4.78, 5) is 26.4. The molecule has 0 bridgehead atoms. The molecule has 29 heavy (non-hydrogen) atoms. The Morgan fingerprint density at radius 2 is 1.83 bits per heavy atom. The topological polar surface area (TPSA) is 76.7 Å². The van der Waals surface area contributed by atoms with Crippen LogP contribution in [0.1, 0.15) is 20.8 Å². The maximum Gasteiger partial charge on any atom is 0.272 e. The number of nitrogens with one attached hydrogen (secondary N) is 2. The molecule has 0 spiro atoms. The Labute approximate surface area is 171 Å². The Morgan fingerprint density at radius 1 is 1.03 bits per heavy atom. The number of thiophene rings is 1. The summed E-state index contributed by atoms with van der Waals surface area (Å²) in [5.41, 5.74) is 2.22. The zero-order chi connectivity index (χ0) is 20.2. The quantitative estimate of drug-likeness (QED) is 0.623. The van der Waals surface area contributed by atoms with Gasteiger partial charge in [0, 0.05) is 22.2 Å². The zero-order valence-electron chi connectivity index (χ0n) is 15.6. The van der Waals surface area contributed by atoms with E-state index >= 15 is 0 Å². The molecule has 0 saturated heterocycles. The van der Waals surface area contributed by atoms with Gasteiger partial charge in [-0.15, -0.1) is 11.3 Å². The molecule has 0 fully saturated rings. The summed E-state index contributed by atoms with van der Waals surface area (Å²) >= 11 is 1.47. The van der Waals surface area contributed by atoms with Crippen LogP contribution < -0.4 is 20.1 Å². The van der Waals surface area contributed by atoms with Crippen LogP contribution in [0.25, 0.3) is 6.08 Å². The van der Waals surface area contributed by atoms with Gasteiger partial charge in [0.1, 0.15) is 5.70 Å². The van der Waals surface area contributed by atoms with E-state index in [0.717, 1.165) is 10.4 Å². The van der Waals surface area contributed by atoms with Gasteiger partial charge in [-0.25, -0.2) is 0 Å². The summed E-state index contributed by atoms with van der Waals surface area (Å²) in [6, 6.07) is 16.0. The second-order valence-electron chi connectivity index (χ2n) is 6.42. The first-order chi connectivity index (χ1) is 14.1. The highest BCUT2D eigenvalue weighted by Crippen LogP contribution is 2.34. The number of anilines is 1. The lowest BCUT2D eigenvalue weighted by molar-refractivity contribution is -0.113. The number of amides is 2. The van der Waals surface area contributed by atoms with Crippen LogP contribution in [0.15, 0.2) is 65.7 Å². The van der Waals surface area contributed by atoms with Crippen LogP contribution in [0.2, 0.25) is 0 Å². The molecule has 7 heteroatoms. The molecule has 1 aliphatic rings. The van der Waals surface area contributed by atoms with E-state index in [1.54, 1.807) is 36.4 Å². The van der Waals surface area contributed by atoms with Gasteiger partial charge in [0.05, 0.1) is 0 Å². The molecular weight excluding hydrogens is 388 g/mol. The fourth-order valence-corrected chi connectivity index (χ4v) is 3.40. The fourth-order valence-electron chi connectivity index (χ4n) is 2.75. The lowest BCUT2D eigenvalue weighted by Gasteiger charge is -2.11. The van der Waals surface area contributed by atoms with Crippen LogP contribution in [0.3, 0.4) is 0 Å². The van der Waals surface area contributed by atoms with E-state index in [9.17, 15) is 9.59 Å². The molecule has 2 aromatic carbocycles. The van der Waals surface area contributed by atoms with Gasteiger partial charge in [0.15, 0.2) is 11.5 Å². The molecule has 6 nitrogen and oxygen atoms in total. The molecular formula is C22H18N2O4S. The molecule has 3 aromatic rings. The van der Waals surface area contributed by atoms with E-state index in [-0.39, 0.29) is 18.4 Å². The fraction of sp³-hybridized carbons (Fsp3) is 0.0909. The Kier molecular flexibility index (Phi) is 5.31. The minimum Gasteiger partial charge on any atom is -0.454 e. The standard InChI is InChI=1S/C22H18N2O4S/c1-14-4-6-15(7-5-14)21(25)24-18(12-17-3-2-10-29-17)22(26)23-16-8-9-19-20(11-16)28-13-27-19/h2-12H,13H2,1H3,(H,23,26)(H,24,25)/b18-12-. The van der Waals surface area contributed by atoms with Gasteiger partial charge in [0.25, 0.3) is 11.8 Å². The van der Waals surface area contributed by atoms with Crippen LogP contribution >= 0.6 is 11.3 Å². The van der Waals surface area contributed by atoms with Crippen molar-refractivity contribution < 1.29 is 19.1 Å². The van der Waals surface area contributed by atoms with Crippen molar-refractivity contribution in [2.24, 2.45) is 0 Å². The molecule has 0 atom stereocenters. The maximum absolute atomic E-state index is 12.9. The molecule has 0 unspecified atom stereocenters. The molecule has 2 heterocycles. The number of hydrogen-bond acceptors (Lipinski definition) is 5. The molecule has 1 aromatic heterocycles. The van der Waals surface area contributed by atoms with Gasteiger partial charge in [-0.2, -0.15) is 0 Å². The van der Waals surface area contributed by atoms with Crippen molar-refractivity contribution in [3.8, 4) is 11.5 Å². The highest BCUT2D eigenvalue weighted by atomic mass is 32.1. The van der Waals surface area contributed by atoms with Crippen LogP contribution in [-0.4, -0.2) is 18.6 Å². The van der Waals surface area contributed by atoms with Crippen LogP contribution in [0.4, 0.5) is 5.69 Å². The number of fused-ring (bicyclic) bond motifs is 1. The van der Waals surface area contributed by atoms with Crippen LogP contribution in [0.5, 0.6) is 11.5 Å². The van der Waals surface area contributed by atoms with Gasteiger partial charge in [-0.05, 0) is 48.7 Å². The molecule has 0 aliphatic carbocycles. The first-order valence-corrected chi connectivity index (χ1v) is 9.81. The third kappa shape index (κ3) is 4.47. The predicted octanol–water partition coefficient (Wildman–Crippen LogP) is 4.19. The summed E-state index contributed by atoms with van der Waals surface area (Å²) in [6.07, 6.45) is 1.65. The van der Waals surface area contributed by atoms with Crippen molar-refractivity contribution >= 4 is 34.9 Å². The van der Waals surface area contributed by atoms with E-state index in [1.165, 1.54) is 11.3 Å². The maximum atomic E-state index is 12.9. The Morgan fingerprint density at radius 3 is 2.59 bits per heavy atom. The van der Waals surface area contributed by atoms with E-state index in [4.69, 9.17) is 9.47 Å². The van der Waals surface area contributed by atoms with Crippen LogP contribution in [0, 0.1) is 6.92 Å². The number of ether oxygens (including phenoxy) is 2. The van der Waals surface area contributed by atoms with E-state index < -0.39 is 5.91 Å². The average molecular weight is 406 g/mol. The SMILES string of the molecule is Cc1ccc(C(=O)N/C(=C\c2cccs2)C(=O)Nc2ccc3c(c2)OCO3)cc1. The first kappa shape index (κ1) is 18.8. The minimum atomic E-state index is -0.433. The molecule has 1 aliphatic heterocycles. The Bertz CT molecular complexity index is 1070. The zero-order valence-corrected chi connectivity index (χ0v) is 16.4. The second kappa shape index (κ2) is 8.20. The smallest absolute Gasteiger partial charge is 0.272 e. The van der Waals surface area contributed by atoms with Crippen molar-refractivity contribution in [3.63, 3.8) is 0 Å². The van der Waals surface area contributed by atoms with Crippen molar-refractivity contribution in [1.82, 2.24) is 5.32 Å². The minimum absolute atomic E-state index is 0.149. The van der Waals surface area contributed by atoms with E-state index in [1.807, 2.05) is 36.6 Å². The van der Waals surface area contributed by atoms with Gasteiger partial charge >= 0.3 is 0 Å². The number of carbonyl (C=O) groups excluding carboxylic acids is 2. The number of hydrogen-bond donors (Lipinski definition) is 2. The predicted molar refractivity (Wildman–Crippen MR) is 112 cm³/mol. The molecule has 4 rings (SSSR count). The van der Waals surface area contributed by atoms with Crippen LogP contribution in [-0.2, 0) is 4.79 Å². The summed E-state index contributed by atoms with van der Waals surface area (Å²) in [5.74, 6) is 0.409. The number of rotatable bonds is 5. The summed E-state index contributed by atoms with van der Waals surface area (Å²) < 4.78 is 10.6. The summed E-state index contributed by atoms with van der Waals surface area (Å²) in [5, 5.41) is 7.43. The largest absolute Gasteiger partial charge is 0.454 e. The van der Waals surface area contributed by atoms with Gasteiger partial charge in [0.2, 0.25) is 6.79 Å². The lowest BCUT2D eigenvalue weighted by Crippen LogP contribution is -2.30. The number of aryl methyl sites for hydroxylation is 1. The molecule has 0 radical (unpaired) electrons. The van der Waals surface area contributed by atoms with Gasteiger partial charge in [-0.1, -0.05) is 23.8 Å². The van der Waals surface area contributed by atoms with Crippen molar-refractivity contribution in [2.45, 2.75) is 6.92 Å². The summed E-state index contributed by atoms with van der Waals surface area (Å²) in [6.45, 7) is 2.10. The number of benzene rings is 2. The van der Waals surface area contributed by atoms with Crippen molar-refractivity contribution in [2.75, 3.05) is 12.1 Å². The lowest BCUT2D eigenvalue weighted by atomic mass is 10.1. The average Bonchev–Trinajstić information content (AvgIpc) is 3.39. The first-order valence-electron chi connectivity index (χ1n) is 8.93. The van der Waals surface area contributed by atoms with E-state index in [2.05, 4.69) is 10.6 Å². The number of carbonyl (C=O) groups is 2. The molecule has 2 N–H and O–H groups in total. The third-order valence-corrected chi connectivity index (χ3v) is 5.09. The van der Waals surface area contributed by atoms with Gasteiger partial charge in [-0.3, -0.25) is 9.59 Å². The monoisotopic (exact) mass is 406 g/mol. The van der Waals surface area contributed by atoms with Gasteiger partial charge < -0.3 is 20.1 Å². The normalized spacial score (nSPS) is 12.5. The summed E-state index contributed by atoms with van der Waals surface area (Å²) in [7, 11) is 0. The molecule has 0 saturated carbocycles. The van der Waals surface area contributed by atoms with Crippen molar-refractivity contribution in [1.29, 1.82) is 0 Å². The molecule has 146 valence electrons. The third-order valence-electron chi connectivity index (χ3n) is 4.27. The van der Waals surface area contributed by atoms with Crippen molar-refractivity contribution in [3.05, 3.63) is 81.7 Å². The second-order valence-corrected chi connectivity index (χ2v) is 7.40. The highest BCUT2D eigenvalue weighted by Gasteiger charge is 2.18. The highest BCUT2D eigenvalue weighted by molar-refractivity contribution is 7.10. The van der Waals surface area contributed by atoms with E-state index in [0.29, 0.717) is 22.7 Å².